The molecule has 1 amide bonds. The van der Waals surface area contributed by atoms with E-state index in [-0.39, 0.29) is 11.8 Å². The van der Waals surface area contributed by atoms with Crippen LogP contribution in [0, 0.1) is 5.92 Å². The predicted octanol–water partition coefficient (Wildman–Crippen LogP) is 2.40. The fourth-order valence-corrected chi connectivity index (χ4v) is 3.74. The Morgan fingerprint density at radius 1 is 1.04 bits per heavy atom. The number of nitrogens with zero attached hydrogens (tertiary/aromatic N) is 5. The molecule has 7 heteroatoms. The molecule has 3 heterocycles. The lowest BCUT2D eigenvalue weighted by Crippen LogP contribution is -2.46. The van der Waals surface area contributed by atoms with E-state index in [4.69, 9.17) is 0 Å². The SMILES string of the molecule is O=C(Nc1nc2c(N3CCN(Cc4ccccc4)CC3)cccn2n1)C1CC1. The van der Waals surface area contributed by atoms with Gasteiger partial charge in [-0.2, -0.15) is 4.98 Å². The maximum atomic E-state index is 12.0. The third kappa shape index (κ3) is 3.57. The van der Waals surface area contributed by atoms with E-state index >= 15 is 0 Å². The van der Waals surface area contributed by atoms with Gasteiger partial charge < -0.3 is 4.90 Å². The van der Waals surface area contributed by atoms with E-state index in [0.717, 1.165) is 56.9 Å². The summed E-state index contributed by atoms with van der Waals surface area (Å²) in [5, 5.41) is 7.27. The lowest BCUT2D eigenvalue weighted by atomic mass is 10.2. The van der Waals surface area contributed by atoms with Gasteiger partial charge in [0, 0.05) is 44.8 Å². The molecule has 28 heavy (non-hydrogen) atoms. The molecule has 1 N–H and O–H groups in total. The van der Waals surface area contributed by atoms with E-state index in [1.165, 1.54) is 5.56 Å². The summed E-state index contributed by atoms with van der Waals surface area (Å²) >= 11 is 0. The molecule has 1 aliphatic carbocycles. The number of nitrogens with one attached hydrogen (secondary N) is 1. The van der Waals surface area contributed by atoms with Gasteiger partial charge in [0.15, 0.2) is 5.65 Å². The van der Waals surface area contributed by atoms with Gasteiger partial charge >= 0.3 is 0 Å². The van der Waals surface area contributed by atoms with E-state index < -0.39 is 0 Å². The van der Waals surface area contributed by atoms with Crippen molar-refractivity contribution >= 4 is 23.2 Å². The molecule has 3 aromatic rings. The number of benzene rings is 1. The fraction of sp³-hybridized carbons (Fsp3) is 0.381. The van der Waals surface area contributed by atoms with E-state index in [1.54, 1.807) is 4.52 Å². The second-order valence-corrected chi connectivity index (χ2v) is 7.61. The van der Waals surface area contributed by atoms with Crippen LogP contribution in [0.1, 0.15) is 18.4 Å². The van der Waals surface area contributed by atoms with Crippen LogP contribution in [0.15, 0.2) is 48.7 Å². The van der Waals surface area contributed by atoms with Gasteiger partial charge in [-0.05, 0) is 30.5 Å². The molecule has 0 radical (unpaired) electrons. The van der Waals surface area contributed by atoms with Crippen molar-refractivity contribution in [1.29, 1.82) is 0 Å². The number of anilines is 2. The van der Waals surface area contributed by atoms with Crippen LogP contribution in [0.2, 0.25) is 0 Å². The molecule has 1 aromatic carbocycles. The molecule has 1 aliphatic heterocycles. The summed E-state index contributed by atoms with van der Waals surface area (Å²) in [5.74, 6) is 0.572. The molecule has 0 spiro atoms. The lowest BCUT2D eigenvalue weighted by molar-refractivity contribution is -0.117. The number of hydrogen-bond donors (Lipinski definition) is 1. The van der Waals surface area contributed by atoms with Crippen LogP contribution in [-0.4, -0.2) is 51.6 Å². The maximum Gasteiger partial charge on any atom is 0.249 e. The Bertz CT molecular complexity index is 973. The van der Waals surface area contributed by atoms with Crippen LogP contribution in [0.25, 0.3) is 5.65 Å². The zero-order valence-corrected chi connectivity index (χ0v) is 15.8. The molecule has 2 aromatic heterocycles. The van der Waals surface area contributed by atoms with Crippen molar-refractivity contribution < 1.29 is 4.79 Å². The summed E-state index contributed by atoms with van der Waals surface area (Å²) in [4.78, 5) is 21.4. The normalized spacial score (nSPS) is 17.8. The van der Waals surface area contributed by atoms with Crippen LogP contribution in [0.3, 0.4) is 0 Å². The number of piperazine rings is 1. The van der Waals surface area contributed by atoms with Gasteiger partial charge in [0.1, 0.15) is 0 Å². The molecule has 5 rings (SSSR count). The first-order valence-corrected chi connectivity index (χ1v) is 9.94. The zero-order valence-electron chi connectivity index (χ0n) is 15.8. The average molecular weight is 376 g/mol. The molecule has 2 fully saturated rings. The number of pyridine rings is 1. The minimum absolute atomic E-state index is 0.0342. The number of carbonyl (C=O) groups is 1. The fourth-order valence-electron chi connectivity index (χ4n) is 3.74. The first kappa shape index (κ1) is 17.2. The highest BCUT2D eigenvalue weighted by Gasteiger charge is 2.30. The molecular weight excluding hydrogens is 352 g/mol. The van der Waals surface area contributed by atoms with Gasteiger partial charge in [0.05, 0.1) is 5.69 Å². The Labute approximate surface area is 164 Å². The van der Waals surface area contributed by atoms with Gasteiger partial charge in [0.2, 0.25) is 11.9 Å². The van der Waals surface area contributed by atoms with E-state index in [1.807, 2.05) is 12.3 Å². The average Bonchev–Trinajstić information content (AvgIpc) is 3.49. The molecule has 0 unspecified atom stereocenters. The molecular formula is C21H24N6O. The van der Waals surface area contributed by atoms with Crippen LogP contribution in [0.4, 0.5) is 11.6 Å². The number of rotatable bonds is 5. The van der Waals surface area contributed by atoms with Gasteiger partial charge in [-0.3, -0.25) is 15.0 Å². The molecule has 2 aliphatic rings. The molecule has 144 valence electrons. The highest BCUT2D eigenvalue weighted by molar-refractivity contribution is 5.92. The van der Waals surface area contributed by atoms with Gasteiger partial charge in [-0.25, -0.2) is 4.52 Å². The second-order valence-electron chi connectivity index (χ2n) is 7.61. The minimum atomic E-state index is 0.0342. The number of hydrogen-bond acceptors (Lipinski definition) is 5. The third-order valence-corrected chi connectivity index (χ3v) is 5.49. The monoisotopic (exact) mass is 376 g/mol. The smallest absolute Gasteiger partial charge is 0.249 e. The van der Waals surface area contributed by atoms with Crippen LogP contribution in [-0.2, 0) is 11.3 Å². The van der Waals surface area contributed by atoms with Crippen molar-refractivity contribution in [1.82, 2.24) is 19.5 Å². The second kappa shape index (κ2) is 7.24. The van der Waals surface area contributed by atoms with Crippen LogP contribution in [0.5, 0.6) is 0 Å². The van der Waals surface area contributed by atoms with Crippen molar-refractivity contribution in [3.8, 4) is 0 Å². The summed E-state index contributed by atoms with van der Waals surface area (Å²) in [6.07, 6.45) is 3.82. The first-order valence-electron chi connectivity index (χ1n) is 9.94. The van der Waals surface area contributed by atoms with Crippen LogP contribution >= 0.6 is 0 Å². The number of aromatic nitrogens is 3. The summed E-state index contributed by atoms with van der Waals surface area (Å²) in [6.45, 7) is 4.90. The van der Waals surface area contributed by atoms with Crippen molar-refractivity contribution in [3.05, 3.63) is 54.2 Å². The van der Waals surface area contributed by atoms with Crippen LogP contribution < -0.4 is 10.2 Å². The summed E-state index contributed by atoms with van der Waals surface area (Å²) in [7, 11) is 0. The molecule has 7 nitrogen and oxygen atoms in total. The Hall–Kier alpha value is -2.93. The minimum Gasteiger partial charge on any atom is -0.366 e. The summed E-state index contributed by atoms with van der Waals surface area (Å²) in [6, 6.07) is 14.7. The van der Waals surface area contributed by atoms with E-state index in [9.17, 15) is 4.79 Å². The Morgan fingerprint density at radius 2 is 1.82 bits per heavy atom. The highest BCUT2D eigenvalue weighted by Crippen LogP contribution is 2.30. The summed E-state index contributed by atoms with van der Waals surface area (Å²) in [5.41, 5.74) is 3.22. The molecule has 0 atom stereocenters. The Kier molecular flexibility index (Phi) is 4.44. The third-order valence-electron chi connectivity index (χ3n) is 5.49. The van der Waals surface area contributed by atoms with Crippen molar-refractivity contribution in [2.45, 2.75) is 19.4 Å². The number of carbonyl (C=O) groups excluding carboxylic acids is 1. The standard InChI is InChI=1S/C21H24N6O/c28-20(17-8-9-17)23-21-22-19-18(7-4-10-27(19)24-21)26-13-11-25(12-14-26)15-16-5-2-1-3-6-16/h1-7,10,17H,8-9,11-15H2,(H,23,24,28). The van der Waals surface area contributed by atoms with Crippen molar-refractivity contribution in [2.75, 3.05) is 36.4 Å². The van der Waals surface area contributed by atoms with E-state index in [0.29, 0.717) is 5.95 Å². The summed E-state index contributed by atoms with van der Waals surface area (Å²) < 4.78 is 1.76. The Morgan fingerprint density at radius 3 is 2.57 bits per heavy atom. The van der Waals surface area contributed by atoms with Gasteiger partial charge in [-0.1, -0.05) is 30.3 Å². The van der Waals surface area contributed by atoms with Crippen molar-refractivity contribution in [3.63, 3.8) is 0 Å². The van der Waals surface area contributed by atoms with E-state index in [2.05, 4.69) is 61.6 Å². The topological polar surface area (TPSA) is 65.8 Å². The van der Waals surface area contributed by atoms with Crippen molar-refractivity contribution in [2.24, 2.45) is 5.92 Å². The highest BCUT2D eigenvalue weighted by atomic mass is 16.2. The lowest BCUT2D eigenvalue weighted by Gasteiger charge is -2.36. The predicted molar refractivity (Wildman–Crippen MR) is 108 cm³/mol. The van der Waals surface area contributed by atoms with Gasteiger partial charge in [0.25, 0.3) is 0 Å². The number of fused-ring (bicyclic) bond motifs is 1. The molecule has 0 bridgehead atoms. The zero-order chi connectivity index (χ0) is 18.9. The largest absolute Gasteiger partial charge is 0.366 e. The molecule has 1 saturated heterocycles. The van der Waals surface area contributed by atoms with Gasteiger partial charge in [-0.15, -0.1) is 5.10 Å². The molecule has 1 saturated carbocycles. The maximum absolute atomic E-state index is 12.0. The number of amides is 1. The first-order chi connectivity index (χ1) is 13.8. The quantitative estimate of drug-likeness (QED) is 0.741. The Balaban J connectivity index is 1.28.